The van der Waals surface area contributed by atoms with E-state index >= 15 is 0 Å². The van der Waals surface area contributed by atoms with Crippen LogP contribution >= 0.6 is 0 Å². The van der Waals surface area contributed by atoms with Crippen molar-refractivity contribution in [3.05, 3.63) is 96.5 Å². The number of allylic oxidation sites excluding steroid dienone is 2. The Labute approximate surface area is 304 Å². The fraction of sp³-hybridized carbons (Fsp3) is 0.372. The number of nitrogens with zero attached hydrogens (tertiary/aromatic N) is 2. The van der Waals surface area contributed by atoms with Gasteiger partial charge in [-0.3, -0.25) is 9.78 Å². The van der Waals surface area contributed by atoms with E-state index in [-0.39, 0.29) is 42.5 Å². The molecule has 6 aromatic rings. The minimum atomic E-state index is -0.337. The quantitative estimate of drug-likeness (QED) is 0.0845. The number of carbonyl (C=O) groups excluding carboxylic acids is 1. The summed E-state index contributed by atoms with van der Waals surface area (Å²) in [6, 6.07) is 26.9. The van der Waals surface area contributed by atoms with Crippen LogP contribution in [0.3, 0.4) is 0 Å². The Balaban J connectivity index is 0.000000260. The zero-order chi connectivity index (χ0) is 34.6. The average molecular weight is 834 g/mol. The van der Waals surface area contributed by atoms with Crippen molar-refractivity contribution in [3.8, 4) is 11.3 Å². The predicted molar refractivity (Wildman–Crippen MR) is 200 cm³/mol. The topological polar surface area (TPSA) is 76.2 Å². The molecule has 0 aliphatic heterocycles. The maximum atomic E-state index is 12.2. The van der Waals surface area contributed by atoms with Crippen molar-refractivity contribution in [1.82, 2.24) is 9.97 Å². The van der Waals surface area contributed by atoms with Crippen molar-refractivity contribution in [2.45, 2.75) is 87.5 Å². The summed E-state index contributed by atoms with van der Waals surface area (Å²) in [5.74, 6) is 0.846. The first-order valence-corrected chi connectivity index (χ1v) is 17.4. The van der Waals surface area contributed by atoms with Gasteiger partial charge in [-0.25, -0.2) is 4.98 Å². The number of rotatable bonds is 10. The monoisotopic (exact) mass is 834 g/mol. The fourth-order valence-corrected chi connectivity index (χ4v) is 6.27. The van der Waals surface area contributed by atoms with Crippen molar-refractivity contribution in [1.29, 1.82) is 0 Å². The number of hydrogen-bond acceptors (Lipinski definition) is 5. The molecule has 2 heterocycles. The Morgan fingerprint density at radius 2 is 1.49 bits per heavy atom. The van der Waals surface area contributed by atoms with Gasteiger partial charge in [-0.05, 0) is 43.4 Å². The van der Waals surface area contributed by atoms with Crippen LogP contribution in [0.25, 0.3) is 54.9 Å². The minimum absolute atomic E-state index is 0. The third-order valence-corrected chi connectivity index (χ3v) is 10.5. The summed E-state index contributed by atoms with van der Waals surface area (Å²) in [6.45, 7) is 16.6. The first kappa shape index (κ1) is 37.9. The summed E-state index contributed by atoms with van der Waals surface area (Å²) in [6.07, 6.45) is 7.35. The first-order valence-electron chi connectivity index (χ1n) is 17.4. The van der Waals surface area contributed by atoms with Crippen molar-refractivity contribution in [2.75, 3.05) is 0 Å². The number of aliphatic hydroxyl groups excluding tert-OH is 1. The molecule has 0 unspecified atom stereocenters. The second-order valence-electron chi connectivity index (χ2n) is 13.9. The Morgan fingerprint density at radius 1 is 0.857 bits per heavy atom. The summed E-state index contributed by atoms with van der Waals surface area (Å²) in [4.78, 5) is 21.3. The molecular formula is C43H49IrN2O3-. The summed E-state index contributed by atoms with van der Waals surface area (Å²) in [7, 11) is 0. The van der Waals surface area contributed by atoms with Gasteiger partial charge in [0.05, 0.1) is 0 Å². The van der Waals surface area contributed by atoms with Gasteiger partial charge in [-0.1, -0.05) is 121 Å². The largest absolute Gasteiger partial charge is 0.512 e. The third kappa shape index (κ3) is 7.66. The zero-order valence-electron chi connectivity index (χ0n) is 30.1. The Morgan fingerprint density at radius 3 is 2.14 bits per heavy atom. The van der Waals surface area contributed by atoms with E-state index < -0.39 is 0 Å². The van der Waals surface area contributed by atoms with E-state index in [1.165, 1.54) is 17.0 Å². The SMILES string of the molecule is CC(C)Cc1cc(-c2ncnc3oc4c5ccccc5ccc4c23)[c-]c2ccccc12.CCC(C)(CC)C(=O)/C=C(\O)C(C)(CC)CC.[Ir]. The van der Waals surface area contributed by atoms with Crippen LogP contribution in [0.5, 0.6) is 0 Å². The molecule has 0 atom stereocenters. The van der Waals surface area contributed by atoms with E-state index in [4.69, 9.17) is 9.40 Å². The van der Waals surface area contributed by atoms with Crippen molar-refractivity contribution in [3.63, 3.8) is 0 Å². The third-order valence-electron chi connectivity index (χ3n) is 10.5. The number of hydrogen-bond donors (Lipinski definition) is 1. The average Bonchev–Trinajstić information content (AvgIpc) is 3.50. The van der Waals surface area contributed by atoms with Gasteiger partial charge in [-0.15, -0.1) is 29.1 Å². The van der Waals surface area contributed by atoms with Gasteiger partial charge < -0.3 is 9.52 Å². The predicted octanol–water partition coefficient (Wildman–Crippen LogP) is 12.0. The molecule has 1 radical (unpaired) electrons. The summed E-state index contributed by atoms with van der Waals surface area (Å²) in [5.41, 5.74) is 4.05. The zero-order valence-corrected chi connectivity index (χ0v) is 32.5. The molecule has 259 valence electrons. The number of ketones is 1. The molecule has 0 bridgehead atoms. The molecule has 2 aromatic heterocycles. The van der Waals surface area contributed by atoms with Crippen LogP contribution in [0.1, 0.15) is 86.6 Å². The molecule has 1 N–H and O–H groups in total. The Bertz CT molecular complexity index is 2100. The standard InChI is InChI=1S/C28H21N2O.C15H28O2.Ir/c1-17(2)13-20-15-21(14-19-8-4-5-9-22(19)20)26-25-24-12-11-18-7-3-6-10-23(18)27(24)31-28(25)30-16-29-26;1-7-14(5,8-2)12(16)11-13(17)15(6,9-3)10-4;/h3-12,15-17H,13H2,1-2H3;11,16H,7-10H2,1-6H3;/q-1;;/b;12-11-;. The smallest absolute Gasteiger partial charge is 0.223 e. The molecule has 0 fully saturated rings. The van der Waals surface area contributed by atoms with Gasteiger partial charge in [0.15, 0.2) is 5.78 Å². The van der Waals surface area contributed by atoms with Crippen molar-refractivity contribution >= 4 is 49.4 Å². The molecule has 0 aliphatic rings. The molecule has 5 nitrogen and oxygen atoms in total. The van der Waals surface area contributed by atoms with Gasteiger partial charge in [0.2, 0.25) is 5.71 Å². The van der Waals surface area contributed by atoms with Gasteiger partial charge in [0.25, 0.3) is 0 Å². The molecule has 4 aromatic carbocycles. The van der Waals surface area contributed by atoms with Gasteiger partial charge in [0.1, 0.15) is 17.7 Å². The van der Waals surface area contributed by atoms with Crippen LogP contribution in [-0.2, 0) is 31.3 Å². The summed E-state index contributed by atoms with van der Waals surface area (Å²) >= 11 is 0. The molecule has 0 spiro atoms. The van der Waals surface area contributed by atoms with Crippen molar-refractivity contribution in [2.24, 2.45) is 16.7 Å². The van der Waals surface area contributed by atoms with E-state index in [2.05, 4.69) is 79.5 Å². The second kappa shape index (κ2) is 15.8. The molecule has 0 aliphatic carbocycles. The van der Waals surface area contributed by atoms with Gasteiger partial charge >= 0.3 is 0 Å². The normalized spacial score (nSPS) is 12.4. The number of benzene rings is 4. The molecule has 6 heteroatoms. The molecule has 49 heavy (non-hydrogen) atoms. The number of fused-ring (bicyclic) bond motifs is 6. The van der Waals surface area contributed by atoms with Crippen LogP contribution in [0, 0.1) is 22.8 Å². The second-order valence-corrected chi connectivity index (χ2v) is 13.9. The Hall–Kier alpha value is -3.86. The molecule has 6 rings (SSSR count). The van der Waals surface area contributed by atoms with Gasteiger partial charge in [0, 0.05) is 58.9 Å². The van der Waals surface area contributed by atoms with E-state index in [0.29, 0.717) is 11.6 Å². The molecule has 0 saturated carbocycles. The van der Waals surface area contributed by atoms with E-state index in [1.54, 1.807) is 6.33 Å². The van der Waals surface area contributed by atoms with Crippen LogP contribution in [0.4, 0.5) is 0 Å². The first-order chi connectivity index (χ1) is 23.0. The van der Waals surface area contributed by atoms with Crippen LogP contribution in [0.2, 0.25) is 0 Å². The molecular weight excluding hydrogens is 785 g/mol. The van der Waals surface area contributed by atoms with Crippen LogP contribution in [-0.4, -0.2) is 20.9 Å². The van der Waals surface area contributed by atoms with Crippen LogP contribution < -0.4 is 0 Å². The van der Waals surface area contributed by atoms with Crippen LogP contribution in [0.15, 0.2) is 89.3 Å². The Kier molecular flexibility index (Phi) is 12.2. The maximum absolute atomic E-state index is 12.2. The minimum Gasteiger partial charge on any atom is -0.512 e. The number of aromatic nitrogens is 2. The fourth-order valence-electron chi connectivity index (χ4n) is 6.27. The van der Waals surface area contributed by atoms with Crippen molar-refractivity contribution < 1.29 is 34.4 Å². The molecule has 0 amide bonds. The van der Waals surface area contributed by atoms with E-state index in [1.807, 2.05) is 53.7 Å². The van der Waals surface area contributed by atoms with E-state index in [0.717, 1.165) is 75.9 Å². The summed E-state index contributed by atoms with van der Waals surface area (Å²) < 4.78 is 6.25. The maximum Gasteiger partial charge on any atom is 0.223 e. The van der Waals surface area contributed by atoms with Gasteiger partial charge in [-0.2, -0.15) is 0 Å². The number of carbonyl (C=O) groups is 1. The van der Waals surface area contributed by atoms with E-state index in [9.17, 15) is 9.90 Å². The number of aliphatic hydroxyl groups is 1. The number of furan rings is 1. The molecule has 0 saturated heterocycles. The summed E-state index contributed by atoms with van der Waals surface area (Å²) in [5, 5.41) is 16.7.